The van der Waals surface area contributed by atoms with E-state index >= 15 is 0 Å². The molecule has 0 spiro atoms. The number of rotatable bonds is 7. The molecule has 0 radical (unpaired) electrons. The maximum Gasteiger partial charge on any atom is 0.408 e. The summed E-state index contributed by atoms with van der Waals surface area (Å²) >= 11 is 0. The number of Topliss-reactive ketones (excluding diaryl/α,β-unsaturated/α-hetero) is 1. The van der Waals surface area contributed by atoms with Gasteiger partial charge in [0.25, 0.3) is 0 Å². The number of carbonyl (C=O) groups excluding carboxylic acids is 3. The van der Waals surface area contributed by atoms with Gasteiger partial charge in [-0.05, 0) is 74.3 Å². The summed E-state index contributed by atoms with van der Waals surface area (Å²) in [6, 6.07) is 0. The van der Waals surface area contributed by atoms with Crippen LogP contribution in [0, 0.1) is 19.8 Å². The Morgan fingerprint density at radius 3 is 1.22 bits per heavy atom. The highest BCUT2D eigenvalue weighted by molar-refractivity contribution is 5.72. The van der Waals surface area contributed by atoms with Gasteiger partial charge in [-0.3, -0.25) is 4.79 Å². The fourth-order valence-electron chi connectivity index (χ4n) is 1.18. The third kappa shape index (κ3) is 123. The van der Waals surface area contributed by atoms with Crippen LogP contribution < -0.4 is 5.32 Å². The van der Waals surface area contributed by atoms with E-state index in [1.807, 2.05) is 20.9 Å². The minimum absolute atomic E-state index is 0. The van der Waals surface area contributed by atoms with Crippen LogP contribution in [0.15, 0.2) is 4.42 Å². The van der Waals surface area contributed by atoms with Gasteiger partial charge in [0.05, 0.1) is 14.2 Å². The number of nitrogens with zero attached hydrogens (tertiary/aromatic N) is 4. The van der Waals surface area contributed by atoms with Crippen LogP contribution in [0.3, 0.4) is 0 Å². The number of ether oxygens (including phenoxy) is 4. The van der Waals surface area contributed by atoms with Gasteiger partial charge >= 0.3 is 12.1 Å². The minimum Gasteiger partial charge on any atom is -0.469 e. The third-order valence-corrected chi connectivity index (χ3v) is 4.38. The van der Waals surface area contributed by atoms with Crippen LogP contribution in [0.25, 0.3) is 0 Å². The third-order valence-electron chi connectivity index (χ3n) is 4.38. The molecule has 302 valence electrons. The highest BCUT2D eigenvalue weighted by atomic mass is 16.5. The van der Waals surface area contributed by atoms with E-state index in [0.717, 1.165) is 45.2 Å². The molecular formula is C36H85N5O8. The van der Waals surface area contributed by atoms with E-state index < -0.39 is 0 Å². The van der Waals surface area contributed by atoms with Gasteiger partial charge in [0.15, 0.2) is 0 Å². The molecule has 1 heterocycles. The number of hydrogen-bond acceptors (Lipinski definition) is 12. The molecule has 1 aromatic heterocycles. The van der Waals surface area contributed by atoms with Gasteiger partial charge in [0.2, 0.25) is 11.8 Å². The maximum absolute atomic E-state index is 10.2. The number of nitrogens with one attached hydrogen (secondary N) is 1. The Labute approximate surface area is 304 Å². The van der Waals surface area contributed by atoms with Crippen molar-refractivity contribution in [1.82, 2.24) is 25.3 Å². The van der Waals surface area contributed by atoms with E-state index in [9.17, 15) is 14.4 Å². The van der Waals surface area contributed by atoms with Gasteiger partial charge < -0.3 is 43.3 Å². The fourth-order valence-corrected chi connectivity index (χ4v) is 1.18. The van der Waals surface area contributed by atoms with Crippen LogP contribution in [0.4, 0.5) is 4.79 Å². The molecule has 49 heavy (non-hydrogen) atoms. The lowest BCUT2D eigenvalue weighted by Gasteiger charge is -2.05. The Bertz CT molecular complexity index is 692. The molecule has 1 N–H and O–H groups in total. The first-order valence-corrected chi connectivity index (χ1v) is 16.3. The Balaban J connectivity index is -0.0000000527. The first-order valence-electron chi connectivity index (χ1n) is 16.3. The number of esters is 1. The van der Waals surface area contributed by atoms with E-state index in [1.54, 1.807) is 42.0 Å². The van der Waals surface area contributed by atoms with Gasteiger partial charge in [-0.25, -0.2) is 4.79 Å². The van der Waals surface area contributed by atoms with Gasteiger partial charge in [-0.15, -0.1) is 10.2 Å². The summed E-state index contributed by atoms with van der Waals surface area (Å²) in [4.78, 5) is 33.1. The molecule has 0 atom stereocenters. The van der Waals surface area contributed by atoms with Crippen molar-refractivity contribution in [3.8, 4) is 0 Å². The molecule has 1 fully saturated rings. The number of ketones is 1. The molecule has 13 heteroatoms. The fraction of sp³-hybridized carbons (Fsp3) is 0.861. The van der Waals surface area contributed by atoms with E-state index in [-0.39, 0.29) is 32.7 Å². The number of aromatic nitrogens is 2. The SMILES string of the molecule is C.C.CC(C)=O.CC1CC1.CCC(=O)OC.CCCOCC.CCN(C)C.CCNC.CCOC.COC(=O)N(C)C.Cc1nnc(C)o1. The largest absolute Gasteiger partial charge is 0.469 e. The van der Waals surface area contributed by atoms with Crippen LogP contribution in [0.5, 0.6) is 0 Å². The second-order valence-electron chi connectivity index (χ2n) is 10.1. The zero-order valence-corrected chi connectivity index (χ0v) is 34.0. The Morgan fingerprint density at radius 2 is 1.18 bits per heavy atom. The smallest absolute Gasteiger partial charge is 0.408 e. The molecule has 2 rings (SSSR count). The van der Waals surface area contributed by atoms with Crippen molar-refractivity contribution in [3.05, 3.63) is 11.8 Å². The highest BCUT2D eigenvalue weighted by Crippen LogP contribution is 2.26. The van der Waals surface area contributed by atoms with Crippen LogP contribution >= 0.6 is 0 Å². The molecule has 1 aromatic rings. The van der Waals surface area contributed by atoms with Crippen molar-refractivity contribution in [1.29, 1.82) is 0 Å². The molecular weight excluding hydrogens is 630 g/mol. The van der Waals surface area contributed by atoms with Crippen LogP contribution in [-0.4, -0.2) is 127 Å². The first kappa shape index (κ1) is 68.4. The van der Waals surface area contributed by atoms with Crippen LogP contribution in [-0.2, 0) is 28.5 Å². The Hall–Kier alpha value is -2.61. The minimum atomic E-state index is -0.319. The van der Waals surface area contributed by atoms with Gasteiger partial charge in [-0.1, -0.05) is 62.3 Å². The van der Waals surface area contributed by atoms with Crippen molar-refractivity contribution >= 4 is 17.8 Å². The molecule has 0 saturated heterocycles. The average molecular weight is 716 g/mol. The van der Waals surface area contributed by atoms with Crippen molar-refractivity contribution in [2.24, 2.45) is 5.92 Å². The van der Waals surface area contributed by atoms with Crippen molar-refractivity contribution in [2.45, 2.75) is 117 Å². The maximum atomic E-state index is 10.2. The quantitative estimate of drug-likeness (QED) is 0.218. The summed E-state index contributed by atoms with van der Waals surface area (Å²) in [5.74, 6) is 2.34. The molecule has 0 aliphatic heterocycles. The standard InChI is InChI=1S/C5H12O.C4H6N2O.C4H9NO2.C4H11N.C4H8O2.C4H8.C3H9N.C3H8O.C3H6O.2CH4/c1-3-5-6-4-2;1-3-5-6-4(2)7-3;1-5(2)4(6)7-3;1-4-5(2)3;1-3-4(5)6-2;1-4-2-3-4;2*1-3-4-2;1-3(2)4;;/h3-5H2,1-2H3;1-2H3;1-3H3;4H2,1-3H3;3H2,1-2H3;4H,2-3H2,1H3;4H,3H2,1-2H3;3H2,1-2H3;1-2H3;2*1H4. The molecule has 1 saturated carbocycles. The Kier molecular flexibility index (Phi) is 84.7. The summed E-state index contributed by atoms with van der Waals surface area (Å²) in [5.41, 5.74) is 0. The van der Waals surface area contributed by atoms with E-state index in [1.165, 1.54) is 45.8 Å². The summed E-state index contributed by atoms with van der Waals surface area (Å²) in [6.45, 7) is 25.7. The van der Waals surface area contributed by atoms with E-state index in [2.05, 4.69) is 76.4 Å². The lowest BCUT2D eigenvalue weighted by Crippen LogP contribution is -2.20. The van der Waals surface area contributed by atoms with Crippen molar-refractivity contribution < 1.29 is 37.7 Å². The molecule has 1 aliphatic carbocycles. The van der Waals surface area contributed by atoms with E-state index in [0.29, 0.717) is 18.2 Å². The number of amides is 1. The van der Waals surface area contributed by atoms with Crippen molar-refractivity contribution in [2.75, 3.05) is 89.5 Å². The number of hydrogen-bond donors (Lipinski definition) is 1. The van der Waals surface area contributed by atoms with E-state index in [4.69, 9.17) is 9.15 Å². The summed E-state index contributed by atoms with van der Waals surface area (Å²) in [6.07, 6.45) is 4.25. The zero-order chi connectivity index (χ0) is 38.6. The molecule has 1 amide bonds. The predicted octanol–water partition coefficient (Wildman–Crippen LogP) is 7.73. The number of aryl methyl sites for hydroxylation is 2. The summed E-state index contributed by atoms with van der Waals surface area (Å²) < 4.78 is 22.9. The number of methoxy groups -OCH3 is 3. The van der Waals surface area contributed by atoms with Crippen LogP contribution in [0.2, 0.25) is 0 Å². The first-order chi connectivity index (χ1) is 21.9. The molecule has 13 nitrogen and oxygen atoms in total. The Morgan fingerprint density at radius 1 is 0.837 bits per heavy atom. The van der Waals surface area contributed by atoms with Gasteiger partial charge in [-0.2, -0.15) is 0 Å². The van der Waals surface area contributed by atoms with Crippen molar-refractivity contribution in [3.63, 3.8) is 0 Å². The highest BCUT2D eigenvalue weighted by Gasteiger charge is 2.12. The summed E-state index contributed by atoms with van der Waals surface area (Å²) in [7, 11) is 13.7. The molecule has 0 bridgehead atoms. The molecule has 0 aromatic carbocycles. The van der Waals surface area contributed by atoms with Crippen LogP contribution in [0.1, 0.15) is 115 Å². The van der Waals surface area contributed by atoms with Gasteiger partial charge in [0.1, 0.15) is 5.78 Å². The normalized spacial score (nSPS) is 9.39. The monoisotopic (exact) mass is 716 g/mol. The lowest BCUT2D eigenvalue weighted by atomic mass is 10.5. The lowest BCUT2D eigenvalue weighted by molar-refractivity contribution is -0.140. The topological polar surface area (TPSA) is 146 Å². The second kappa shape index (κ2) is 60.7. The summed E-state index contributed by atoms with van der Waals surface area (Å²) in [5, 5.41) is 10.1. The predicted molar refractivity (Wildman–Crippen MR) is 209 cm³/mol. The average Bonchev–Trinajstić information content (AvgIpc) is 3.75. The number of carbonyl (C=O) groups is 3. The van der Waals surface area contributed by atoms with Gasteiger partial charge in [0, 0.05) is 61.3 Å². The molecule has 1 aliphatic rings. The zero-order valence-electron chi connectivity index (χ0n) is 34.0. The molecule has 0 unspecified atom stereocenters. The second-order valence-corrected chi connectivity index (χ2v) is 10.1.